The molecule has 0 atom stereocenters. The van der Waals surface area contributed by atoms with Gasteiger partial charge in [-0.3, -0.25) is 0 Å². The number of hydrogen-bond donors (Lipinski definition) is 6. The van der Waals surface area contributed by atoms with Gasteiger partial charge >= 0.3 is 28.0 Å². The molecule has 0 unspecified atom stereocenters. The number of hydrogen-bond acceptors (Lipinski definition) is 6. The monoisotopic (exact) mass is 177 g/mol. The molecule has 0 aliphatic rings. The van der Waals surface area contributed by atoms with Crippen molar-refractivity contribution in [1.82, 2.24) is 18.5 Å². The minimum absolute atomic E-state index is 0. The fourth-order valence-electron chi connectivity index (χ4n) is 0. The zero-order chi connectivity index (χ0) is 3.58. The third kappa shape index (κ3) is 1160. The molecule has 50 valence electrons. The summed E-state index contributed by atoms with van der Waals surface area (Å²) in [5, 5.41) is 0. The first-order chi connectivity index (χ1) is 1.73. The first kappa shape index (κ1) is 26.5. The molecule has 0 aromatic rings. The van der Waals surface area contributed by atoms with Gasteiger partial charge in [-0.2, -0.15) is 0 Å². The summed E-state index contributed by atoms with van der Waals surface area (Å²) in [6.45, 7) is 0. The third-order valence-electron chi connectivity index (χ3n) is 0. The van der Waals surface area contributed by atoms with Gasteiger partial charge in [-0.05, 0) is 0 Å². The second kappa shape index (κ2) is 16.2. The summed E-state index contributed by atoms with van der Waals surface area (Å²) in [5.74, 6) is 0. The first-order valence-electron chi connectivity index (χ1n) is 0.600. The maximum absolute atomic E-state index is 7.31. The van der Waals surface area contributed by atoms with E-state index in [1.807, 2.05) is 0 Å². The molecular formula is H12AsN3O3. The van der Waals surface area contributed by atoms with Crippen molar-refractivity contribution in [2.45, 2.75) is 0 Å². The molecule has 0 saturated heterocycles. The van der Waals surface area contributed by atoms with E-state index in [4.69, 9.17) is 12.3 Å². The summed E-state index contributed by atoms with van der Waals surface area (Å²) in [5.41, 5.74) is 0. The van der Waals surface area contributed by atoms with Crippen LogP contribution in [0.5, 0.6) is 0 Å². The van der Waals surface area contributed by atoms with Crippen molar-refractivity contribution < 1.29 is 12.3 Å². The van der Waals surface area contributed by atoms with E-state index in [1.54, 1.807) is 0 Å². The normalized spacial score (nSPS) is 5.14. The Labute approximate surface area is 47.2 Å². The van der Waals surface area contributed by atoms with E-state index < -0.39 is 15.7 Å². The summed E-state index contributed by atoms with van der Waals surface area (Å²) in [6, 6.07) is 0. The van der Waals surface area contributed by atoms with E-state index in [0.29, 0.717) is 0 Å². The Bertz CT molecular complexity index is 14.9. The molecule has 0 aliphatic heterocycles. The van der Waals surface area contributed by atoms with Crippen LogP contribution in [0.4, 0.5) is 0 Å². The van der Waals surface area contributed by atoms with Crippen molar-refractivity contribution in [2.75, 3.05) is 0 Å². The van der Waals surface area contributed by atoms with Crippen LogP contribution in [0.15, 0.2) is 0 Å². The molecule has 7 heteroatoms. The second-order valence-corrected chi connectivity index (χ2v) is 1.39. The average Bonchev–Trinajstić information content (AvgIpc) is 0.811. The summed E-state index contributed by atoms with van der Waals surface area (Å²) >= 11 is -3.19. The molecule has 0 rings (SSSR count). The van der Waals surface area contributed by atoms with Gasteiger partial charge in [0.05, 0.1) is 0 Å². The topological polar surface area (TPSA) is 166 Å². The van der Waals surface area contributed by atoms with Gasteiger partial charge in [0.1, 0.15) is 0 Å². The van der Waals surface area contributed by atoms with Gasteiger partial charge in [0.15, 0.2) is 0 Å². The van der Waals surface area contributed by atoms with Crippen LogP contribution in [0.2, 0.25) is 0 Å². The zero-order valence-corrected chi connectivity index (χ0v) is 5.79. The van der Waals surface area contributed by atoms with Gasteiger partial charge in [0, 0.05) is 0 Å². The van der Waals surface area contributed by atoms with Gasteiger partial charge in [-0.1, -0.05) is 0 Å². The molecule has 0 aromatic heterocycles. The Kier molecular flexibility index (Phi) is 61.5. The summed E-state index contributed by atoms with van der Waals surface area (Å²) in [4.78, 5) is 0. The summed E-state index contributed by atoms with van der Waals surface area (Å²) in [7, 11) is 0. The van der Waals surface area contributed by atoms with Crippen molar-refractivity contribution >= 4 is 15.7 Å². The van der Waals surface area contributed by atoms with Crippen molar-refractivity contribution in [3.8, 4) is 0 Å². The van der Waals surface area contributed by atoms with Gasteiger partial charge in [0.25, 0.3) is 0 Å². The molecule has 0 saturated carbocycles. The molecule has 0 amide bonds. The SMILES string of the molecule is N.N.N.O[As](O)O. The van der Waals surface area contributed by atoms with E-state index in [2.05, 4.69) is 0 Å². The average molecular weight is 177 g/mol. The van der Waals surface area contributed by atoms with E-state index in [1.165, 1.54) is 0 Å². The van der Waals surface area contributed by atoms with Gasteiger partial charge < -0.3 is 18.5 Å². The molecule has 0 aromatic carbocycles. The van der Waals surface area contributed by atoms with Crippen LogP contribution in [-0.4, -0.2) is 28.0 Å². The van der Waals surface area contributed by atoms with Crippen molar-refractivity contribution in [1.29, 1.82) is 0 Å². The van der Waals surface area contributed by atoms with Crippen molar-refractivity contribution in [3.05, 3.63) is 0 Å². The Balaban J connectivity index is -0.0000000150. The molecule has 12 N–H and O–H groups in total. The first-order valence-corrected chi connectivity index (χ1v) is 3.12. The molecule has 7 heavy (non-hydrogen) atoms. The predicted octanol–water partition coefficient (Wildman–Crippen LogP) is -1.57. The van der Waals surface area contributed by atoms with Crippen LogP contribution in [0.3, 0.4) is 0 Å². The van der Waals surface area contributed by atoms with E-state index in [-0.39, 0.29) is 18.5 Å². The standard InChI is InChI=1S/AsH3O3.3H3N/c2-1(3)4;;;/h2-4H;3*1H3. The van der Waals surface area contributed by atoms with Crippen LogP contribution < -0.4 is 18.5 Å². The second-order valence-electron chi connectivity index (χ2n) is 0.268. The molecule has 0 spiro atoms. The predicted molar refractivity (Wildman–Crippen MR) is 27.5 cm³/mol. The minimum atomic E-state index is -3.19. The van der Waals surface area contributed by atoms with Crippen LogP contribution in [-0.2, 0) is 0 Å². The van der Waals surface area contributed by atoms with Gasteiger partial charge in [-0.25, -0.2) is 0 Å². The fraction of sp³-hybridized carbons (Fsp3) is 0. The Morgan fingerprint density at radius 1 is 0.714 bits per heavy atom. The van der Waals surface area contributed by atoms with Gasteiger partial charge in [-0.15, -0.1) is 0 Å². The third-order valence-corrected chi connectivity index (χ3v) is 0. The summed E-state index contributed by atoms with van der Waals surface area (Å²) < 4.78 is 21.9. The van der Waals surface area contributed by atoms with Crippen LogP contribution >= 0.6 is 0 Å². The van der Waals surface area contributed by atoms with Crippen LogP contribution in [0, 0.1) is 0 Å². The Morgan fingerprint density at radius 2 is 0.714 bits per heavy atom. The Hall–Kier alpha value is 0.318. The quantitative estimate of drug-likeness (QED) is 0.244. The van der Waals surface area contributed by atoms with Crippen molar-refractivity contribution in [2.24, 2.45) is 0 Å². The molecule has 0 heterocycles. The van der Waals surface area contributed by atoms with Gasteiger partial charge in [0.2, 0.25) is 0 Å². The van der Waals surface area contributed by atoms with Crippen LogP contribution in [0.1, 0.15) is 0 Å². The molecule has 0 fully saturated rings. The molecule has 6 nitrogen and oxygen atoms in total. The summed E-state index contributed by atoms with van der Waals surface area (Å²) in [6.07, 6.45) is 0. The van der Waals surface area contributed by atoms with E-state index >= 15 is 0 Å². The zero-order valence-electron chi connectivity index (χ0n) is 3.91. The molecule has 0 bridgehead atoms. The van der Waals surface area contributed by atoms with Crippen molar-refractivity contribution in [3.63, 3.8) is 0 Å². The Morgan fingerprint density at radius 3 is 0.714 bits per heavy atom. The molecule has 0 radical (unpaired) electrons. The molecule has 0 aliphatic carbocycles. The van der Waals surface area contributed by atoms with Crippen LogP contribution in [0.25, 0.3) is 0 Å². The maximum atomic E-state index is 7.31. The van der Waals surface area contributed by atoms with E-state index in [9.17, 15) is 0 Å². The van der Waals surface area contributed by atoms with E-state index in [0.717, 1.165) is 0 Å². The molecular weight excluding hydrogens is 165 g/mol. The number of rotatable bonds is 0. The fourth-order valence-corrected chi connectivity index (χ4v) is 0.